The van der Waals surface area contributed by atoms with Gasteiger partial charge in [-0.1, -0.05) is 18.2 Å². The number of hydrogen-bond acceptors (Lipinski definition) is 4. The number of esters is 1. The van der Waals surface area contributed by atoms with E-state index in [0.717, 1.165) is 0 Å². The van der Waals surface area contributed by atoms with E-state index in [1.807, 2.05) is 6.07 Å². The molecule has 0 aliphatic heterocycles. The monoisotopic (exact) mass is 224 g/mol. The van der Waals surface area contributed by atoms with E-state index in [9.17, 15) is 9.59 Å². The van der Waals surface area contributed by atoms with Crippen LogP contribution >= 0.6 is 0 Å². The Hall–Kier alpha value is -2.04. The molecule has 0 aliphatic carbocycles. The number of ether oxygens (including phenoxy) is 2. The molecule has 0 bridgehead atoms. The standard InChI is InChI=1S/C11H12O5/c1-8(11(13)14)16-10(12)7-15-9-5-3-2-4-6-9/h2-6,8H,7H2,1H3,(H,13,14)/t8-/m1/s1. The van der Waals surface area contributed by atoms with Crippen LogP contribution in [0.5, 0.6) is 5.75 Å². The van der Waals surface area contributed by atoms with Crippen molar-refractivity contribution in [2.75, 3.05) is 6.61 Å². The molecule has 0 radical (unpaired) electrons. The van der Waals surface area contributed by atoms with Crippen molar-refractivity contribution >= 4 is 11.9 Å². The first kappa shape index (κ1) is 12.0. The summed E-state index contributed by atoms with van der Waals surface area (Å²) in [4.78, 5) is 21.5. The van der Waals surface area contributed by atoms with Crippen molar-refractivity contribution in [2.24, 2.45) is 0 Å². The molecule has 1 atom stereocenters. The Bertz CT molecular complexity index is 360. The van der Waals surface area contributed by atoms with E-state index < -0.39 is 18.0 Å². The van der Waals surface area contributed by atoms with Gasteiger partial charge < -0.3 is 14.6 Å². The third-order valence-corrected chi connectivity index (χ3v) is 1.76. The molecule has 0 fully saturated rings. The van der Waals surface area contributed by atoms with E-state index >= 15 is 0 Å². The minimum Gasteiger partial charge on any atom is -0.482 e. The Labute approximate surface area is 92.6 Å². The largest absolute Gasteiger partial charge is 0.482 e. The normalized spacial score (nSPS) is 11.6. The van der Waals surface area contributed by atoms with Gasteiger partial charge >= 0.3 is 11.9 Å². The molecule has 1 aromatic rings. The molecule has 0 aliphatic rings. The van der Waals surface area contributed by atoms with Gasteiger partial charge in [-0.15, -0.1) is 0 Å². The van der Waals surface area contributed by atoms with Crippen molar-refractivity contribution in [3.63, 3.8) is 0 Å². The van der Waals surface area contributed by atoms with Gasteiger partial charge in [-0.3, -0.25) is 0 Å². The molecule has 5 nitrogen and oxygen atoms in total. The molecule has 1 aromatic carbocycles. The van der Waals surface area contributed by atoms with E-state index in [2.05, 4.69) is 4.74 Å². The third kappa shape index (κ3) is 4.00. The number of rotatable bonds is 5. The van der Waals surface area contributed by atoms with Gasteiger partial charge in [0.05, 0.1) is 0 Å². The molecule has 1 rings (SSSR count). The minimum absolute atomic E-state index is 0.304. The summed E-state index contributed by atoms with van der Waals surface area (Å²) < 4.78 is 9.65. The van der Waals surface area contributed by atoms with Crippen molar-refractivity contribution in [2.45, 2.75) is 13.0 Å². The van der Waals surface area contributed by atoms with E-state index in [-0.39, 0.29) is 6.61 Å². The molecule has 0 unspecified atom stereocenters. The second kappa shape index (κ2) is 5.75. The van der Waals surface area contributed by atoms with Crippen LogP contribution in [0.4, 0.5) is 0 Å². The summed E-state index contributed by atoms with van der Waals surface area (Å²) in [6.07, 6.45) is -1.16. The third-order valence-electron chi connectivity index (χ3n) is 1.76. The summed E-state index contributed by atoms with van der Waals surface area (Å²) in [5.74, 6) is -1.37. The second-order valence-electron chi connectivity index (χ2n) is 3.07. The van der Waals surface area contributed by atoms with Gasteiger partial charge in [-0.05, 0) is 19.1 Å². The highest BCUT2D eigenvalue weighted by Crippen LogP contribution is 2.08. The van der Waals surface area contributed by atoms with Gasteiger partial charge in [0, 0.05) is 0 Å². The predicted octanol–water partition coefficient (Wildman–Crippen LogP) is 1.08. The van der Waals surface area contributed by atoms with Crippen LogP contribution in [-0.4, -0.2) is 29.8 Å². The van der Waals surface area contributed by atoms with Gasteiger partial charge in [-0.25, -0.2) is 9.59 Å². The molecule has 0 spiro atoms. The SMILES string of the molecule is C[C@@H](OC(=O)COc1ccccc1)C(=O)O. The maximum absolute atomic E-state index is 11.1. The van der Waals surface area contributed by atoms with Crippen LogP contribution in [0.2, 0.25) is 0 Å². The number of benzene rings is 1. The average molecular weight is 224 g/mol. The quantitative estimate of drug-likeness (QED) is 0.757. The van der Waals surface area contributed by atoms with E-state index in [1.165, 1.54) is 6.92 Å². The van der Waals surface area contributed by atoms with Crippen molar-refractivity contribution in [3.05, 3.63) is 30.3 Å². The molecule has 0 saturated carbocycles. The number of carbonyl (C=O) groups excluding carboxylic acids is 1. The van der Waals surface area contributed by atoms with Gasteiger partial charge in [0.2, 0.25) is 0 Å². The van der Waals surface area contributed by atoms with Gasteiger partial charge in [0.25, 0.3) is 0 Å². The highest BCUT2D eigenvalue weighted by molar-refractivity contribution is 5.78. The molecule has 1 N–H and O–H groups in total. The van der Waals surface area contributed by atoms with Crippen molar-refractivity contribution in [1.29, 1.82) is 0 Å². The van der Waals surface area contributed by atoms with Crippen LogP contribution in [-0.2, 0) is 14.3 Å². The average Bonchev–Trinajstić information content (AvgIpc) is 2.27. The summed E-state index contributed by atoms with van der Waals surface area (Å²) >= 11 is 0. The minimum atomic E-state index is -1.19. The summed E-state index contributed by atoms with van der Waals surface area (Å²) in [6.45, 7) is 0.977. The number of carbonyl (C=O) groups is 2. The zero-order chi connectivity index (χ0) is 12.0. The fraction of sp³-hybridized carbons (Fsp3) is 0.273. The topological polar surface area (TPSA) is 72.8 Å². The molecule has 0 aromatic heterocycles. The predicted molar refractivity (Wildman–Crippen MR) is 55.1 cm³/mol. The van der Waals surface area contributed by atoms with Gasteiger partial charge in [0.15, 0.2) is 12.7 Å². The Kier molecular flexibility index (Phi) is 4.32. The Morgan fingerprint density at radius 2 is 1.94 bits per heavy atom. The molecule has 0 heterocycles. The van der Waals surface area contributed by atoms with E-state index in [4.69, 9.17) is 9.84 Å². The summed E-state index contributed by atoms with van der Waals surface area (Å²) in [5, 5.41) is 8.50. The number of aliphatic carboxylic acids is 1. The Morgan fingerprint density at radius 1 is 1.31 bits per heavy atom. The Balaban J connectivity index is 2.33. The van der Waals surface area contributed by atoms with Gasteiger partial charge in [0.1, 0.15) is 5.75 Å². The zero-order valence-electron chi connectivity index (χ0n) is 8.75. The van der Waals surface area contributed by atoms with E-state index in [1.54, 1.807) is 24.3 Å². The lowest BCUT2D eigenvalue weighted by atomic mass is 10.3. The highest BCUT2D eigenvalue weighted by atomic mass is 16.6. The number of para-hydroxylation sites is 1. The van der Waals surface area contributed by atoms with Crippen molar-refractivity contribution in [1.82, 2.24) is 0 Å². The summed E-state index contributed by atoms with van der Waals surface area (Å²) in [7, 11) is 0. The maximum atomic E-state index is 11.1. The lowest BCUT2D eigenvalue weighted by Crippen LogP contribution is -2.26. The first-order valence-electron chi connectivity index (χ1n) is 4.69. The lowest BCUT2D eigenvalue weighted by molar-refractivity contribution is -0.163. The van der Waals surface area contributed by atoms with Crippen molar-refractivity contribution in [3.8, 4) is 5.75 Å². The van der Waals surface area contributed by atoms with Crippen LogP contribution in [0.15, 0.2) is 30.3 Å². The van der Waals surface area contributed by atoms with Crippen LogP contribution in [0.25, 0.3) is 0 Å². The number of carboxylic acids is 1. The fourth-order valence-electron chi connectivity index (χ4n) is 0.941. The number of hydrogen-bond donors (Lipinski definition) is 1. The first-order chi connectivity index (χ1) is 7.59. The molecule has 0 amide bonds. The number of carboxylic acid groups (broad SMARTS) is 1. The molecule has 5 heteroatoms. The first-order valence-corrected chi connectivity index (χ1v) is 4.69. The van der Waals surface area contributed by atoms with Crippen molar-refractivity contribution < 1.29 is 24.2 Å². The zero-order valence-corrected chi connectivity index (χ0v) is 8.75. The lowest BCUT2D eigenvalue weighted by Gasteiger charge is -2.09. The molecular weight excluding hydrogens is 212 g/mol. The molecule has 16 heavy (non-hydrogen) atoms. The van der Waals surface area contributed by atoms with Gasteiger partial charge in [-0.2, -0.15) is 0 Å². The highest BCUT2D eigenvalue weighted by Gasteiger charge is 2.16. The molecule has 86 valence electrons. The molecule has 0 saturated heterocycles. The fourth-order valence-corrected chi connectivity index (χ4v) is 0.941. The molecular formula is C11H12O5. The van der Waals surface area contributed by atoms with E-state index in [0.29, 0.717) is 5.75 Å². The smallest absolute Gasteiger partial charge is 0.344 e. The summed E-state index contributed by atoms with van der Waals surface area (Å²) in [5.41, 5.74) is 0. The van der Waals surface area contributed by atoms with Crippen LogP contribution in [0, 0.1) is 0 Å². The van der Waals surface area contributed by atoms with Crippen LogP contribution in [0.1, 0.15) is 6.92 Å². The van der Waals surface area contributed by atoms with Crippen LogP contribution < -0.4 is 4.74 Å². The van der Waals surface area contributed by atoms with Crippen LogP contribution in [0.3, 0.4) is 0 Å². The Morgan fingerprint density at radius 3 is 2.50 bits per heavy atom. The summed E-state index contributed by atoms with van der Waals surface area (Å²) in [6, 6.07) is 8.72. The second-order valence-corrected chi connectivity index (χ2v) is 3.07. The maximum Gasteiger partial charge on any atom is 0.344 e.